The molecule has 108 valence electrons. The first kappa shape index (κ1) is 17.4. The molecule has 0 amide bonds. The van der Waals surface area contributed by atoms with E-state index in [4.69, 9.17) is 9.47 Å². The molecule has 0 spiro atoms. The van der Waals surface area contributed by atoms with Gasteiger partial charge in [0.1, 0.15) is 0 Å². The van der Waals surface area contributed by atoms with Gasteiger partial charge in [-0.2, -0.15) is 0 Å². The second kappa shape index (κ2) is 10.4. The van der Waals surface area contributed by atoms with Crippen molar-refractivity contribution < 1.29 is 14.3 Å². The molecule has 3 heteroatoms. The summed E-state index contributed by atoms with van der Waals surface area (Å²) in [5.41, 5.74) is 0. The molecule has 3 nitrogen and oxygen atoms in total. The quantitative estimate of drug-likeness (QED) is 0.439. The Hall–Kier alpha value is -0.570. The van der Waals surface area contributed by atoms with E-state index in [0.29, 0.717) is 12.7 Å². The molecule has 0 aliphatic carbocycles. The summed E-state index contributed by atoms with van der Waals surface area (Å²) in [5, 5.41) is 0. The number of ether oxygens (including phenoxy) is 2. The van der Waals surface area contributed by atoms with Crippen LogP contribution >= 0.6 is 0 Å². The predicted molar refractivity (Wildman–Crippen MR) is 74.6 cm³/mol. The first-order valence-corrected chi connectivity index (χ1v) is 7.29. The van der Waals surface area contributed by atoms with Crippen molar-refractivity contribution in [3.63, 3.8) is 0 Å². The maximum absolute atomic E-state index is 11.6. The van der Waals surface area contributed by atoms with Crippen LogP contribution in [0, 0.1) is 5.92 Å². The number of unbranched alkanes of at least 4 members (excludes halogenated alkanes) is 2. The molecule has 0 fully saturated rings. The number of esters is 1. The number of carbonyl (C=O) groups is 1. The normalized spacial score (nSPS) is 14.6. The fourth-order valence-corrected chi connectivity index (χ4v) is 1.68. The molecular weight excluding hydrogens is 228 g/mol. The lowest BCUT2D eigenvalue weighted by molar-refractivity contribution is -0.152. The molecule has 0 aromatic carbocycles. The highest BCUT2D eigenvalue weighted by molar-refractivity contribution is 5.72. The smallest absolute Gasteiger partial charge is 0.308 e. The molecule has 18 heavy (non-hydrogen) atoms. The Morgan fingerprint density at radius 2 is 1.72 bits per heavy atom. The number of hydrogen-bond acceptors (Lipinski definition) is 3. The molecule has 0 saturated heterocycles. The zero-order valence-electron chi connectivity index (χ0n) is 12.7. The number of hydrogen-bond donors (Lipinski definition) is 0. The Morgan fingerprint density at radius 3 is 2.28 bits per heavy atom. The van der Waals surface area contributed by atoms with Crippen molar-refractivity contribution in [2.24, 2.45) is 5.92 Å². The van der Waals surface area contributed by atoms with Crippen molar-refractivity contribution >= 4 is 5.97 Å². The third kappa shape index (κ3) is 9.46. The van der Waals surface area contributed by atoms with Crippen molar-refractivity contribution in [3.8, 4) is 0 Å². The molecular formula is C15H30O3. The maximum Gasteiger partial charge on any atom is 0.308 e. The molecule has 0 radical (unpaired) electrons. The van der Waals surface area contributed by atoms with Gasteiger partial charge in [-0.25, -0.2) is 0 Å². The SMILES string of the molecule is CCCCCC(C)OCC[C@@H](C)C(=O)OC(C)C. The van der Waals surface area contributed by atoms with Gasteiger partial charge in [0, 0.05) is 6.61 Å². The average Bonchev–Trinajstić information content (AvgIpc) is 2.28. The highest BCUT2D eigenvalue weighted by Gasteiger charge is 2.15. The van der Waals surface area contributed by atoms with Gasteiger partial charge in [0.25, 0.3) is 0 Å². The third-order valence-electron chi connectivity index (χ3n) is 2.92. The highest BCUT2D eigenvalue weighted by Crippen LogP contribution is 2.10. The van der Waals surface area contributed by atoms with Crippen LogP contribution in [-0.2, 0) is 14.3 Å². The van der Waals surface area contributed by atoms with Crippen LogP contribution in [0.2, 0.25) is 0 Å². The van der Waals surface area contributed by atoms with Crippen LogP contribution in [0.3, 0.4) is 0 Å². The van der Waals surface area contributed by atoms with Crippen LogP contribution < -0.4 is 0 Å². The van der Waals surface area contributed by atoms with E-state index in [1.165, 1.54) is 19.3 Å². The van der Waals surface area contributed by atoms with Crippen molar-refractivity contribution in [3.05, 3.63) is 0 Å². The summed E-state index contributed by atoms with van der Waals surface area (Å²) < 4.78 is 10.9. The zero-order chi connectivity index (χ0) is 14.0. The van der Waals surface area contributed by atoms with E-state index in [-0.39, 0.29) is 18.0 Å². The van der Waals surface area contributed by atoms with E-state index < -0.39 is 0 Å². The van der Waals surface area contributed by atoms with Crippen LogP contribution in [0.4, 0.5) is 0 Å². The van der Waals surface area contributed by atoms with Gasteiger partial charge in [-0.1, -0.05) is 33.1 Å². The van der Waals surface area contributed by atoms with Crippen LogP contribution in [0.15, 0.2) is 0 Å². The largest absolute Gasteiger partial charge is 0.463 e. The summed E-state index contributed by atoms with van der Waals surface area (Å²) in [7, 11) is 0. The molecule has 0 aliphatic heterocycles. The van der Waals surface area contributed by atoms with E-state index in [9.17, 15) is 4.79 Å². The lowest BCUT2D eigenvalue weighted by Gasteiger charge is -2.16. The number of carbonyl (C=O) groups excluding carboxylic acids is 1. The van der Waals surface area contributed by atoms with Crippen LogP contribution in [0.5, 0.6) is 0 Å². The van der Waals surface area contributed by atoms with Crippen molar-refractivity contribution in [1.82, 2.24) is 0 Å². The Balaban J connectivity index is 3.60. The van der Waals surface area contributed by atoms with Crippen molar-refractivity contribution in [1.29, 1.82) is 0 Å². The van der Waals surface area contributed by atoms with E-state index in [2.05, 4.69) is 13.8 Å². The zero-order valence-corrected chi connectivity index (χ0v) is 12.7. The van der Waals surface area contributed by atoms with Gasteiger partial charge in [-0.3, -0.25) is 4.79 Å². The fraction of sp³-hybridized carbons (Fsp3) is 0.933. The predicted octanol–water partition coefficient (Wildman–Crippen LogP) is 3.95. The second-order valence-corrected chi connectivity index (χ2v) is 5.35. The highest BCUT2D eigenvalue weighted by atomic mass is 16.5. The second-order valence-electron chi connectivity index (χ2n) is 5.35. The molecule has 1 unspecified atom stereocenters. The number of rotatable bonds is 10. The molecule has 0 heterocycles. The standard InChI is InChI=1S/C15H30O3/c1-6-7-8-9-14(5)17-11-10-13(4)15(16)18-12(2)3/h12-14H,6-11H2,1-5H3/t13-,14?/m1/s1. The van der Waals surface area contributed by atoms with Gasteiger partial charge in [-0.15, -0.1) is 0 Å². The Bertz CT molecular complexity index is 214. The summed E-state index contributed by atoms with van der Waals surface area (Å²) in [6.45, 7) is 10.6. The summed E-state index contributed by atoms with van der Waals surface area (Å²) in [4.78, 5) is 11.6. The molecule has 0 bridgehead atoms. The molecule has 0 aliphatic rings. The van der Waals surface area contributed by atoms with E-state index in [0.717, 1.165) is 12.8 Å². The van der Waals surface area contributed by atoms with Gasteiger partial charge in [-0.05, 0) is 33.6 Å². The van der Waals surface area contributed by atoms with Gasteiger partial charge < -0.3 is 9.47 Å². The average molecular weight is 258 g/mol. The molecule has 0 saturated carbocycles. The minimum Gasteiger partial charge on any atom is -0.463 e. The summed E-state index contributed by atoms with van der Waals surface area (Å²) in [5.74, 6) is -0.192. The van der Waals surface area contributed by atoms with Crippen LogP contribution in [-0.4, -0.2) is 24.8 Å². The summed E-state index contributed by atoms with van der Waals surface area (Å²) in [6, 6.07) is 0. The van der Waals surface area contributed by atoms with Gasteiger partial charge in [0.15, 0.2) is 0 Å². The molecule has 2 atom stereocenters. The van der Waals surface area contributed by atoms with Crippen molar-refractivity contribution in [2.45, 2.75) is 78.9 Å². The van der Waals surface area contributed by atoms with Crippen molar-refractivity contribution in [2.75, 3.05) is 6.61 Å². The Labute approximate surface area is 112 Å². The summed E-state index contributed by atoms with van der Waals surface area (Å²) in [6.07, 6.45) is 5.85. The third-order valence-corrected chi connectivity index (χ3v) is 2.92. The molecule has 0 N–H and O–H groups in total. The van der Waals surface area contributed by atoms with Gasteiger partial charge in [0.05, 0.1) is 18.1 Å². The van der Waals surface area contributed by atoms with Gasteiger partial charge in [0.2, 0.25) is 0 Å². The lowest BCUT2D eigenvalue weighted by atomic mass is 10.1. The van der Waals surface area contributed by atoms with E-state index >= 15 is 0 Å². The molecule has 0 aromatic rings. The first-order valence-electron chi connectivity index (χ1n) is 7.29. The minimum atomic E-state index is -0.118. The maximum atomic E-state index is 11.6. The Kier molecular flexibility index (Phi) is 10.0. The Morgan fingerprint density at radius 1 is 1.06 bits per heavy atom. The fourth-order valence-electron chi connectivity index (χ4n) is 1.68. The lowest BCUT2D eigenvalue weighted by Crippen LogP contribution is -2.21. The summed E-state index contributed by atoms with van der Waals surface area (Å²) >= 11 is 0. The van der Waals surface area contributed by atoms with Crippen LogP contribution in [0.25, 0.3) is 0 Å². The van der Waals surface area contributed by atoms with Gasteiger partial charge >= 0.3 is 5.97 Å². The van der Waals surface area contributed by atoms with E-state index in [1.54, 1.807) is 0 Å². The topological polar surface area (TPSA) is 35.5 Å². The van der Waals surface area contributed by atoms with Crippen LogP contribution in [0.1, 0.15) is 66.7 Å². The monoisotopic (exact) mass is 258 g/mol. The minimum absolute atomic E-state index is 0.0335. The molecule has 0 aromatic heterocycles. The first-order chi connectivity index (χ1) is 8.47. The van der Waals surface area contributed by atoms with E-state index in [1.807, 2.05) is 20.8 Å². The molecule has 0 rings (SSSR count).